The van der Waals surface area contributed by atoms with Crippen molar-refractivity contribution in [1.82, 2.24) is 0 Å². The van der Waals surface area contributed by atoms with E-state index in [2.05, 4.69) is 6.07 Å². The lowest BCUT2D eigenvalue weighted by Crippen LogP contribution is -2.11. The Balaban J connectivity index is 1.67. The lowest BCUT2D eigenvalue weighted by molar-refractivity contribution is 0.198. The summed E-state index contributed by atoms with van der Waals surface area (Å²) in [6, 6.07) is 15.7. The zero-order valence-electron chi connectivity index (χ0n) is 11.5. The summed E-state index contributed by atoms with van der Waals surface area (Å²) >= 11 is 0. The summed E-state index contributed by atoms with van der Waals surface area (Å²) in [7, 11) is 0. The molecule has 1 aliphatic heterocycles. The van der Waals surface area contributed by atoms with Gasteiger partial charge < -0.3 is 14.6 Å². The molecule has 104 valence electrons. The highest BCUT2D eigenvalue weighted by Gasteiger charge is 2.24. The van der Waals surface area contributed by atoms with Crippen LogP contribution in [-0.2, 0) is 0 Å². The fraction of sp³-hybridized carbons (Fsp3) is 0.294. The average molecular weight is 270 g/mol. The molecule has 0 aliphatic carbocycles. The molecule has 1 aliphatic rings. The number of aliphatic hydroxyl groups excluding tert-OH is 1. The van der Waals surface area contributed by atoms with Gasteiger partial charge >= 0.3 is 0 Å². The Bertz CT molecular complexity index is 592. The highest BCUT2D eigenvalue weighted by atomic mass is 16.5. The van der Waals surface area contributed by atoms with Crippen molar-refractivity contribution in [2.75, 3.05) is 13.2 Å². The molecule has 0 spiro atoms. The van der Waals surface area contributed by atoms with Crippen molar-refractivity contribution in [2.45, 2.75) is 18.9 Å². The van der Waals surface area contributed by atoms with Crippen molar-refractivity contribution in [3.05, 3.63) is 59.7 Å². The monoisotopic (exact) mass is 270 g/mol. The molecule has 0 aromatic heterocycles. The first kappa shape index (κ1) is 13.0. The standard InChI is InChI=1S/C17H18O3/c1-12(18)13-5-4-6-15(9-13)19-10-14-11-20-17-8-3-2-7-16(14)17/h2-9,12,14,18H,10-11H2,1H3/t12-,14?/m1/s1. The van der Waals surface area contributed by atoms with Gasteiger partial charge in [0.2, 0.25) is 0 Å². The molecular formula is C17H18O3. The van der Waals surface area contributed by atoms with Crippen LogP contribution >= 0.6 is 0 Å². The number of benzene rings is 2. The van der Waals surface area contributed by atoms with Crippen LogP contribution in [0.15, 0.2) is 48.5 Å². The van der Waals surface area contributed by atoms with E-state index in [0.717, 1.165) is 17.1 Å². The number of aliphatic hydroxyl groups is 1. The predicted octanol–water partition coefficient (Wildman–Crippen LogP) is 3.29. The SMILES string of the molecule is C[C@@H](O)c1cccc(OCC2COc3ccccc32)c1. The van der Waals surface area contributed by atoms with E-state index in [4.69, 9.17) is 9.47 Å². The molecule has 3 nitrogen and oxygen atoms in total. The Morgan fingerprint density at radius 3 is 2.95 bits per heavy atom. The van der Waals surface area contributed by atoms with Gasteiger partial charge in [0, 0.05) is 5.56 Å². The zero-order valence-corrected chi connectivity index (χ0v) is 11.5. The molecule has 0 bridgehead atoms. The highest BCUT2D eigenvalue weighted by Crippen LogP contribution is 2.33. The van der Waals surface area contributed by atoms with Crippen LogP contribution in [-0.4, -0.2) is 18.3 Å². The number of para-hydroxylation sites is 1. The predicted molar refractivity (Wildman–Crippen MR) is 77.2 cm³/mol. The maximum Gasteiger partial charge on any atom is 0.123 e. The summed E-state index contributed by atoms with van der Waals surface area (Å²) in [4.78, 5) is 0. The maximum absolute atomic E-state index is 9.58. The summed E-state index contributed by atoms with van der Waals surface area (Å²) in [5, 5.41) is 9.58. The van der Waals surface area contributed by atoms with Gasteiger partial charge in [-0.15, -0.1) is 0 Å². The van der Waals surface area contributed by atoms with E-state index >= 15 is 0 Å². The molecule has 0 fully saturated rings. The Morgan fingerprint density at radius 2 is 2.10 bits per heavy atom. The molecule has 2 aromatic rings. The minimum Gasteiger partial charge on any atom is -0.493 e. The van der Waals surface area contributed by atoms with E-state index in [9.17, 15) is 5.11 Å². The van der Waals surface area contributed by atoms with E-state index in [1.54, 1.807) is 6.92 Å². The van der Waals surface area contributed by atoms with Gasteiger partial charge in [-0.25, -0.2) is 0 Å². The molecule has 2 aromatic carbocycles. The minimum absolute atomic E-state index is 0.265. The summed E-state index contributed by atoms with van der Waals surface area (Å²) in [5.74, 6) is 2.01. The van der Waals surface area contributed by atoms with E-state index < -0.39 is 6.10 Å². The second-order valence-corrected chi connectivity index (χ2v) is 5.11. The molecule has 1 N–H and O–H groups in total. The second kappa shape index (κ2) is 5.55. The molecule has 20 heavy (non-hydrogen) atoms. The zero-order chi connectivity index (χ0) is 13.9. The topological polar surface area (TPSA) is 38.7 Å². The van der Waals surface area contributed by atoms with Gasteiger partial charge in [0.05, 0.1) is 25.2 Å². The Hall–Kier alpha value is -2.00. The molecular weight excluding hydrogens is 252 g/mol. The smallest absolute Gasteiger partial charge is 0.123 e. The van der Waals surface area contributed by atoms with Crippen LogP contribution in [0.25, 0.3) is 0 Å². The van der Waals surface area contributed by atoms with Crippen molar-refractivity contribution < 1.29 is 14.6 Å². The fourth-order valence-corrected chi connectivity index (χ4v) is 2.43. The van der Waals surface area contributed by atoms with E-state index in [1.165, 1.54) is 5.56 Å². The summed E-state index contributed by atoms with van der Waals surface area (Å²) in [6.07, 6.45) is -0.478. The number of hydrogen-bond acceptors (Lipinski definition) is 3. The van der Waals surface area contributed by atoms with Crippen molar-refractivity contribution in [3.8, 4) is 11.5 Å². The third-order valence-corrected chi connectivity index (χ3v) is 3.59. The van der Waals surface area contributed by atoms with Crippen LogP contribution in [0.5, 0.6) is 11.5 Å². The summed E-state index contributed by atoms with van der Waals surface area (Å²) in [6.45, 7) is 3.00. The van der Waals surface area contributed by atoms with Crippen molar-refractivity contribution in [1.29, 1.82) is 0 Å². The number of rotatable bonds is 4. The minimum atomic E-state index is -0.478. The van der Waals surface area contributed by atoms with Crippen molar-refractivity contribution in [2.24, 2.45) is 0 Å². The lowest BCUT2D eigenvalue weighted by atomic mass is 10.0. The summed E-state index contributed by atoms with van der Waals surface area (Å²) in [5.41, 5.74) is 2.07. The molecule has 2 atom stereocenters. The molecule has 1 unspecified atom stereocenters. The second-order valence-electron chi connectivity index (χ2n) is 5.11. The Labute approximate surface area is 118 Å². The van der Waals surface area contributed by atoms with Gasteiger partial charge in [0.1, 0.15) is 11.5 Å². The lowest BCUT2D eigenvalue weighted by Gasteiger charge is -2.13. The van der Waals surface area contributed by atoms with Gasteiger partial charge in [-0.2, -0.15) is 0 Å². The first-order valence-electron chi connectivity index (χ1n) is 6.86. The van der Waals surface area contributed by atoms with E-state index in [1.807, 2.05) is 42.5 Å². The molecule has 3 heteroatoms. The normalized spacial score (nSPS) is 18.2. The average Bonchev–Trinajstić information content (AvgIpc) is 2.89. The van der Waals surface area contributed by atoms with Crippen molar-refractivity contribution in [3.63, 3.8) is 0 Å². The molecule has 0 saturated carbocycles. The van der Waals surface area contributed by atoms with Gasteiger partial charge in [-0.3, -0.25) is 0 Å². The Morgan fingerprint density at radius 1 is 1.25 bits per heavy atom. The quantitative estimate of drug-likeness (QED) is 0.926. The third-order valence-electron chi connectivity index (χ3n) is 3.59. The highest BCUT2D eigenvalue weighted by molar-refractivity contribution is 5.40. The van der Waals surface area contributed by atoms with Crippen molar-refractivity contribution >= 4 is 0 Å². The summed E-state index contributed by atoms with van der Waals surface area (Å²) < 4.78 is 11.5. The number of fused-ring (bicyclic) bond motifs is 1. The molecule has 1 heterocycles. The van der Waals surface area contributed by atoms with Gasteiger partial charge in [0.15, 0.2) is 0 Å². The van der Waals surface area contributed by atoms with Crippen LogP contribution in [0.4, 0.5) is 0 Å². The van der Waals surface area contributed by atoms with Crippen LogP contribution < -0.4 is 9.47 Å². The van der Waals surface area contributed by atoms with Crippen LogP contribution in [0.2, 0.25) is 0 Å². The third kappa shape index (κ3) is 2.63. The molecule has 0 saturated heterocycles. The van der Waals surface area contributed by atoms with Gasteiger partial charge in [-0.1, -0.05) is 30.3 Å². The first-order valence-corrected chi connectivity index (χ1v) is 6.86. The van der Waals surface area contributed by atoms with E-state index in [0.29, 0.717) is 13.2 Å². The first-order chi connectivity index (χ1) is 9.74. The van der Waals surface area contributed by atoms with Crippen LogP contribution in [0.1, 0.15) is 30.1 Å². The molecule has 0 amide bonds. The maximum atomic E-state index is 9.58. The van der Waals surface area contributed by atoms with Crippen LogP contribution in [0.3, 0.4) is 0 Å². The number of ether oxygens (including phenoxy) is 2. The van der Waals surface area contributed by atoms with Gasteiger partial charge in [-0.05, 0) is 30.7 Å². The largest absolute Gasteiger partial charge is 0.493 e. The fourth-order valence-electron chi connectivity index (χ4n) is 2.43. The van der Waals surface area contributed by atoms with E-state index in [-0.39, 0.29) is 5.92 Å². The Kier molecular flexibility index (Phi) is 3.61. The van der Waals surface area contributed by atoms with Crippen LogP contribution in [0, 0.1) is 0 Å². The number of hydrogen-bond donors (Lipinski definition) is 1. The molecule has 3 rings (SSSR count). The van der Waals surface area contributed by atoms with Gasteiger partial charge in [0.25, 0.3) is 0 Å². The molecule has 0 radical (unpaired) electrons.